The molecule has 28 heavy (non-hydrogen) atoms. The van der Waals surface area contributed by atoms with Crippen LogP contribution >= 0.6 is 0 Å². The van der Waals surface area contributed by atoms with Gasteiger partial charge in [0.2, 0.25) is 11.8 Å². The van der Waals surface area contributed by atoms with Gasteiger partial charge in [0.25, 0.3) is 0 Å². The highest BCUT2D eigenvalue weighted by atomic mass is 16.2. The molecule has 3 aromatic rings. The van der Waals surface area contributed by atoms with Crippen molar-refractivity contribution in [3.63, 3.8) is 0 Å². The maximum Gasteiger partial charge on any atom is 0.226 e. The van der Waals surface area contributed by atoms with E-state index in [9.17, 15) is 9.59 Å². The number of aryl methyl sites for hydroxylation is 1. The summed E-state index contributed by atoms with van der Waals surface area (Å²) in [5.74, 6) is -0.207. The van der Waals surface area contributed by atoms with Gasteiger partial charge < -0.3 is 10.6 Å². The third-order valence-electron chi connectivity index (χ3n) is 5.11. The van der Waals surface area contributed by atoms with Crippen LogP contribution in [0.25, 0.3) is 5.69 Å². The molecule has 0 saturated heterocycles. The molecule has 0 fully saturated rings. The van der Waals surface area contributed by atoms with Gasteiger partial charge in [-0.1, -0.05) is 36.4 Å². The summed E-state index contributed by atoms with van der Waals surface area (Å²) in [7, 11) is 0. The Morgan fingerprint density at radius 3 is 2.64 bits per heavy atom. The Hall–Kier alpha value is -3.41. The number of hydrogen-bond donors (Lipinski definition) is 2. The summed E-state index contributed by atoms with van der Waals surface area (Å²) in [5, 5.41) is 10.5. The highest BCUT2D eigenvalue weighted by molar-refractivity contribution is 5.95. The molecule has 6 nitrogen and oxygen atoms in total. The maximum atomic E-state index is 12.8. The average Bonchev–Trinajstić information content (AvgIpc) is 2.97. The number of aromatic nitrogens is 2. The monoisotopic (exact) mass is 374 g/mol. The summed E-state index contributed by atoms with van der Waals surface area (Å²) in [6.07, 6.45) is 0.467. The maximum absolute atomic E-state index is 12.8. The molecule has 1 aromatic heterocycles. The molecule has 0 spiro atoms. The standard InChI is InChI=1S/C22H22N4O2/c1-14-18(15(2)26(25-14)16-8-4-3-5-9-16)12-21(27)24-20-13-22(28)23-19-11-7-6-10-17(19)20/h3-11,20H,12-13H2,1-2H3,(H,23,28)(H,24,27). The largest absolute Gasteiger partial charge is 0.348 e. The molecule has 0 aliphatic carbocycles. The number of benzene rings is 2. The minimum atomic E-state index is -0.317. The molecular formula is C22H22N4O2. The topological polar surface area (TPSA) is 76.0 Å². The summed E-state index contributed by atoms with van der Waals surface area (Å²) in [4.78, 5) is 24.7. The highest BCUT2D eigenvalue weighted by Crippen LogP contribution is 2.30. The lowest BCUT2D eigenvalue weighted by atomic mass is 9.97. The Kier molecular flexibility index (Phi) is 4.69. The van der Waals surface area contributed by atoms with Gasteiger partial charge in [0, 0.05) is 16.9 Å². The van der Waals surface area contributed by atoms with E-state index in [0.29, 0.717) is 0 Å². The van der Waals surface area contributed by atoms with Crippen molar-refractivity contribution in [2.45, 2.75) is 32.7 Å². The first-order valence-electron chi connectivity index (χ1n) is 9.31. The van der Waals surface area contributed by atoms with Crippen LogP contribution in [0.3, 0.4) is 0 Å². The van der Waals surface area contributed by atoms with Crippen LogP contribution in [0.2, 0.25) is 0 Å². The van der Waals surface area contributed by atoms with Gasteiger partial charge in [-0.25, -0.2) is 4.68 Å². The lowest BCUT2D eigenvalue weighted by Gasteiger charge is -2.26. The first-order valence-corrected chi connectivity index (χ1v) is 9.31. The molecular weight excluding hydrogens is 352 g/mol. The van der Waals surface area contributed by atoms with Crippen LogP contribution in [0.5, 0.6) is 0 Å². The number of fused-ring (bicyclic) bond motifs is 1. The number of nitrogens with zero attached hydrogens (tertiary/aromatic N) is 2. The van der Waals surface area contributed by atoms with Crippen molar-refractivity contribution in [3.8, 4) is 5.69 Å². The Balaban J connectivity index is 1.54. The number of carbonyl (C=O) groups is 2. The molecule has 142 valence electrons. The number of anilines is 1. The zero-order valence-corrected chi connectivity index (χ0v) is 15.9. The number of hydrogen-bond acceptors (Lipinski definition) is 3. The normalized spacial score (nSPS) is 15.6. The number of nitrogens with one attached hydrogen (secondary N) is 2. The van der Waals surface area contributed by atoms with Gasteiger partial charge in [0.05, 0.1) is 30.3 Å². The van der Waals surface area contributed by atoms with Crippen molar-refractivity contribution in [2.24, 2.45) is 0 Å². The predicted octanol–water partition coefficient (Wildman–Crippen LogP) is 3.23. The number of amides is 2. The molecule has 0 bridgehead atoms. The van der Waals surface area contributed by atoms with Crippen LogP contribution < -0.4 is 10.6 Å². The number of carbonyl (C=O) groups excluding carboxylic acids is 2. The molecule has 0 radical (unpaired) electrons. The minimum Gasteiger partial charge on any atom is -0.348 e. The van der Waals surface area contributed by atoms with E-state index < -0.39 is 0 Å². The Labute approximate surface area is 163 Å². The summed E-state index contributed by atoms with van der Waals surface area (Å²) in [6.45, 7) is 3.89. The van der Waals surface area contributed by atoms with E-state index in [4.69, 9.17) is 0 Å². The van der Waals surface area contributed by atoms with Gasteiger partial charge in [0.15, 0.2) is 0 Å². The minimum absolute atomic E-state index is 0.0896. The van der Waals surface area contributed by atoms with Gasteiger partial charge >= 0.3 is 0 Å². The van der Waals surface area contributed by atoms with E-state index in [2.05, 4.69) is 15.7 Å². The average molecular weight is 374 g/mol. The van der Waals surface area contributed by atoms with Crippen LogP contribution in [-0.2, 0) is 16.0 Å². The van der Waals surface area contributed by atoms with Gasteiger partial charge in [-0.3, -0.25) is 9.59 Å². The molecule has 2 N–H and O–H groups in total. The molecule has 2 amide bonds. The summed E-state index contributed by atoms with van der Waals surface area (Å²) < 4.78 is 1.86. The Morgan fingerprint density at radius 2 is 1.86 bits per heavy atom. The van der Waals surface area contributed by atoms with Crippen LogP contribution in [0.4, 0.5) is 5.69 Å². The van der Waals surface area contributed by atoms with Crippen molar-refractivity contribution >= 4 is 17.5 Å². The van der Waals surface area contributed by atoms with Crippen molar-refractivity contribution < 1.29 is 9.59 Å². The van der Waals surface area contributed by atoms with E-state index in [1.165, 1.54) is 0 Å². The second-order valence-corrected chi connectivity index (χ2v) is 7.03. The first kappa shape index (κ1) is 18.0. The summed E-state index contributed by atoms with van der Waals surface area (Å²) in [5.41, 5.74) is 5.35. The molecule has 1 aliphatic heterocycles. The molecule has 1 aliphatic rings. The molecule has 2 heterocycles. The highest BCUT2D eigenvalue weighted by Gasteiger charge is 2.26. The van der Waals surface area contributed by atoms with Crippen molar-refractivity contribution in [2.75, 3.05) is 5.32 Å². The fraction of sp³-hybridized carbons (Fsp3) is 0.227. The summed E-state index contributed by atoms with van der Waals surface area (Å²) >= 11 is 0. The Morgan fingerprint density at radius 1 is 1.14 bits per heavy atom. The zero-order valence-electron chi connectivity index (χ0n) is 15.9. The van der Waals surface area contributed by atoms with Crippen molar-refractivity contribution in [1.29, 1.82) is 0 Å². The van der Waals surface area contributed by atoms with Crippen molar-refractivity contribution in [1.82, 2.24) is 15.1 Å². The van der Waals surface area contributed by atoms with Crippen LogP contribution in [0, 0.1) is 13.8 Å². The van der Waals surface area contributed by atoms with Gasteiger partial charge in [-0.05, 0) is 37.6 Å². The van der Waals surface area contributed by atoms with E-state index in [0.717, 1.165) is 33.9 Å². The first-order chi connectivity index (χ1) is 13.5. The van der Waals surface area contributed by atoms with E-state index in [-0.39, 0.29) is 30.7 Å². The van der Waals surface area contributed by atoms with Crippen LogP contribution in [0.15, 0.2) is 54.6 Å². The van der Waals surface area contributed by atoms with E-state index in [1.807, 2.05) is 73.1 Å². The molecule has 1 unspecified atom stereocenters. The smallest absolute Gasteiger partial charge is 0.226 e. The fourth-order valence-electron chi connectivity index (χ4n) is 3.70. The quantitative estimate of drug-likeness (QED) is 0.736. The van der Waals surface area contributed by atoms with Crippen molar-refractivity contribution in [3.05, 3.63) is 77.1 Å². The zero-order chi connectivity index (χ0) is 19.7. The van der Waals surface area contributed by atoms with Crippen LogP contribution in [0.1, 0.15) is 35.0 Å². The predicted molar refractivity (Wildman–Crippen MR) is 107 cm³/mol. The van der Waals surface area contributed by atoms with Gasteiger partial charge in [-0.15, -0.1) is 0 Å². The van der Waals surface area contributed by atoms with E-state index in [1.54, 1.807) is 0 Å². The van der Waals surface area contributed by atoms with Crippen LogP contribution in [-0.4, -0.2) is 21.6 Å². The second-order valence-electron chi connectivity index (χ2n) is 7.03. The lowest BCUT2D eigenvalue weighted by Crippen LogP contribution is -2.36. The molecule has 2 aromatic carbocycles. The molecule has 4 rings (SSSR count). The SMILES string of the molecule is Cc1nn(-c2ccccc2)c(C)c1CC(=O)NC1CC(=O)Nc2ccccc21. The Bertz CT molecular complexity index is 1040. The molecule has 1 atom stereocenters. The second kappa shape index (κ2) is 7.31. The number of rotatable bonds is 4. The van der Waals surface area contributed by atoms with Gasteiger partial charge in [-0.2, -0.15) is 5.10 Å². The molecule has 0 saturated carbocycles. The number of para-hydroxylation sites is 2. The molecule has 6 heteroatoms. The fourth-order valence-corrected chi connectivity index (χ4v) is 3.70. The van der Waals surface area contributed by atoms with E-state index >= 15 is 0 Å². The third-order valence-corrected chi connectivity index (χ3v) is 5.11. The van der Waals surface area contributed by atoms with Gasteiger partial charge in [0.1, 0.15) is 0 Å². The summed E-state index contributed by atoms with van der Waals surface area (Å²) in [6, 6.07) is 17.1. The third kappa shape index (κ3) is 3.41. The lowest BCUT2D eigenvalue weighted by molar-refractivity contribution is -0.122.